The van der Waals surface area contributed by atoms with Crippen LogP contribution in [0.4, 0.5) is 0 Å². The lowest BCUT2D eigenvalue weighted by Crippen LogP contribution is -2.50. The van der Waals surface area contributed by atoms with Crippen LogP contribution < -0.4 is 14.8 Å². The average molecular weight is 372 g/mol. The third kappa shape index (κ3) is 3.75. The third-order valence-corrected chi connectivity index (χ3v) is 5.80. The van der Waals surface area contributed by atoms with Crippen LogP contribution in [0.25, 0.3) is 0 Å². The number of nitrogens with zero attached hydrogens (tertiary/aromatic N) is 1. The number of fused-ring (bicyclic) bond motifs is 1. The van der Waals surface area contributed by atoms with Crippen LogP contribution in [-0.2, 0) is 15.0 Å². The molecule has 0 aromatic heterocycles. The van der Waals surface area contributed by atoms with Crippen LogP contribution in [0.1, 0.15) is 45.1 Å². The smallest absolute Gasteiger partial charge is 0.232 e. The second-order valence-electron chi connectivity index (χ2n) is 8.36. The van der Waals surface area contributed by atoms with Crippen molar-refractivity contribution in [2.45, 2.75) is 51.0 Å². The van der Waals surface area contributed by atoms with Crippen molar-refractivity contribution in [3.63, 3.8) is 0 Å². The van der Waals surface area contributed by atoms with E-state index < -0.39 is 5.41 Å². The van der Waals surface area contributed by atoms with Gasteiger partial charge in [-0.25, -0.2) is 0 Å². The molecule has 2 amide bonds. The Morgan fingerprint density at radius 2 is 1.85 bits per heavy atom. The van der Waals surface area contributed by atoms with E-state index in [9.17, 15) is 9.59 Å². The molecule has 146 valence electrons. The molecule has 27 heavy (non-hydrogen) atoms. The van der Waals surface area contributed by atoms with Crippen molar-refractivity contribution >= 4 is 11.8 Å². The Morgan fingerprint density at radius 1 is 1.11 bits per heavy atom. The molecule has 0 radical (unpaired) electrons. The molecule has 1 saturated heterocycles. The zero-order chi connectivity index (χ0) is 19.0. The third-order valence-electron chi connectivity index (χ3n) is 5.80. The zero-order valence-corrected chi connectivity index (χ0v) is 16.1. The van der Waals surface area contributed by atoms with Crippen molar-refractivity contribution in [2.75, 3.05) is 26.3 Å². The minimum absolute atomic E-state index is 0.0584. The summed E-state index contributed by atoms with van der Waals surface area (Å²) in [4.78, 5) is 27.6. The highest BCUT2D eigenvalue weighted by molar-refractivity contribution is 5.88. The fraction of sp³-hybridized carbons (Fsp3) is 0.619. The summed E-state index contributed by atoms with van der Waals surface area (Å²) in [7, 11) is 0. The van der Waals surface area contributed by atoms with E-state index in [0.717, 1.165) is 37.0 Å². The number of benzene rings is 1. The van der Waals surface area contributed by atoms with Gasteiger partial charge < -0.3 is 19.7 Å². The van der Waals surface area contributed by atoms with E-state index in [-0.39, 0.29) is 17.7 Å². The Bertz CT molecular complexity index is 742. The first-order valence-electron chi connectivity index (χ1n) is 9.95. The summed E-state index contributed by atoms with van der Waals surface area (Å²) >= 11 is 0. The van der Waals surface area contributed by atoms with Gasteiger partial charge in [0.05, 0.1) is 11.3 Å². The van der Waals surface area contributed by atoms with Crippen molar-refractivity contribution in [1.82, 2.24) is 10.2 Å². The molecule has 6 heteroatoms. The molecule has 2 heterocycles. The van der Waals surface area contributed by atoms with Crippen molar-refractivity contribution in [1.29, 1.82) is 0 Å². The van der Waals surface area contributed by atoms with E-state index in [2.05, 4.69) is 5.32 Å². The lowest BCUT2D eigenvalue weighted by molar-refractivity contribution is -0.140. The van der Waals surface area contributed by atoms with Crippen LogP contribution >= 0.6 is 0 Å². The summed E-state index contributed by atoms with van der Waals surface area (Å²) in [5, 5.41) is 3.08. The van der Waals surface area contributed by atoms with Gasteiger partial charge in [-0.05, 0) is 57.2 Å². The maximum atomic E-state index is 13.3. The maximum Gasteiger partial charge on any atom is 0.232 e. The van der Waals surface area contributed by atoms with Gasteiger partial charge in [0.15, 0.2) is 11.5 Å². The SMILES string of the molecule is CC(C)(C(=O)N1CCC[C@H](C(=O)NC2CC2)C1)c1ccc2c(c1)OCCO2. The molecule has 0 unspecified atom stereocenters. The second-order valence-corrected chi connectivity index (χ2v) is 8.36. The number of piperidine rings is 1. The van der Waals surface area contributed by atoms with Crippen LogP contribution in [0, 0.1) is 5.92 Å². The number of likely N-dealkylation sites (tertiary alicyclic amines) is 1. The molecule has 6 nitrogen and oxygen atoms in total. The summed E-state index contributed by atoms with van der Waals surface area (Å²) < 4.78 is 11.3. The van der Waals surface area contributed by atoms with Crippen LogP contribution in [0.5, 0.6) is 11.5 Å². The monoisotopic (exact) mass is 372 g/mol. The van der Waals surface area contributed by atoms with E-state index >= 15 is 0 Å². The number of hydrogen-bond acceptors (Lipinski definition) is 4. The van der Waals surface area contributed by atoms with E-state index in [1.54, 1.807) is 0 Å². The minimum Gasteiger partial charge on any atom is -0.486 e. The van der Waals surface area contributed by atoms with Gasteiger partial charge in [0, 0.05) is 19.1 Å². The molecular weight excluding hydrogens is 344 g/mol. The van der Waals surface area contributed by atoms with Gasteiger partial charge in [-0.15, -0.1) is 0 Å². The molecule has 4 rings (SSSR count). The quantitative estimate of drug-likeness (QED) is 0.880. The van der Waals surface area contributed by atoms with Gasteiger partial charge in [0.1, 0.15) is 13.2 Å². The second kappa shape index (κ2) is 7.06. The zero-order valence-electron chi connectivity index (χ0n) is 16.1. The van der Waals surface area contributed by atoms with Gasteiger partial charge in [-0.3, -0.25) is 9.59 Å². The topological polar surface area (TPSA) is 67.9 Å². The molecular formula is C21H28N2O4. The molecule has 1 N–H and O–H groups in total. The molecule has 2 aliphatic heterocycles. The van der Waals surface area contributed by atoms with Crippen LogP contribution in [0.2, 0.25) is 0 Å². The molecule has 1 saturated carbocycles. The van der Waals surface area contributed by atoms with E-state index in [1.165, 1.54) is 0 Å². The standard InChI is InChI=1S/C21H28N2O4/c1-21(2,15-5-8-17-18(12-15)27-11-10-26-17)20(25)23-9-3-4-14(13-23)19(24)22-16-6-7-16/h5,8,12,14,16H,3-4,6-7,9-11,13H2,1-2H3,(H,22,24)/t14-/m0/s1. The van der Waals surface area contributed by atoms with Crippen molar-refractivity contribution < 1.29 is 19.1 Å². The molecule has 1 aliphatic carbocycles. The summed E-state index contributed by atoms with van der Waals surface area (Å²) in [6, 6.07) is 6.08. The summed E-state index contributed by atoms with van der Waals surface area (Å²) in [5.74, 6) is 1.48. The highest BCUT2D eigenvalue weighted by Crippen LogP contribution is 2.36. The lowest BCUT2D eigenvalue weighted by Gasteiger charge is -2.37. The molecule has 2 fully saturated rings. The predicted molar refractivity (Wildman–Crippen MR) is 101 cm³/mol. The van der Waals surface area contributed by atoms with Crippen molar-refractivity contribution in [2.24, 2.45) is 5.92 Å². The van der Waals surface area contributed by atoms with Gasteiger partial charge in [-0.1, -0.05) is 6.07 Å². The Morgan fingerprint density at radius 3 is 2.59 bits per heavy atom. The number of ether oxygens (including phenoxy) is 2. The first-order valence-corrected chi connectivity index (χ1v) is 9.95. The first-order chi connectivity index (χ1) is 12.9. The highest BCUT2D eigenvalue weighted by atomic mass is 16.6. The predicted octanol–water partition coefficient (Wildman–Crippen LogP) is 2.25. The number of hydrogen-bond donors (Lipinski definition) is 1. The molecule has 0 spiro atoms. The molecule has 3 aliphatic rings. The summed E-state index contributed by atoms with van der Waals surface area (Å²) in [6.07, 6.45) is 3.88. The van der Waals surface area contributed by atoms with Crippen LogP contribution in [0.15, 0.2) is 18.2 Å². The molecule has 1 aromatic rings. The normalized spacial score (nSPS) is 22.3. The lowest BCUT2D eigenvalue weighted by atomic mass is 9.82. The first kappa shape index (κ1) is 18.1. The molecule has 1 atom stereocenters. The largest absolute Gasteiger partial charge is 0.486 e. The number of carbonyl (C=O) groups excluding carboxylic acids is 2. The Labute approximate surface area is 160 Å². The number of carbonyl (C=O) groups is 2. The maximum absolute atomic E-state index is 13.3. The Hall–Kier alpha value is -2.24. The van der Waals surface area contributed by atoms with Crippen LogP contribution in [-0.4, -0.2) is 49.1 Å². The fourth-order valence-corrected chi connectivity index (χ4v) is 3.87. The van der Waals surface area contributed by atoms with Gasteiger partial charge in [0.25, 0.3) is 0 Å². The van der Waals surface area contributed by atoms with Crippen molar-refractivity contribution in [3.8, 4) is 11.5 Å². The Balaban J connectivity index is 1.47. The summed E-state index contributed by atoms with van der Waals surface area (Å²) in [6.45, 7) is 6.16. The Kier molecular flexibility index (Phi) is 4.74. The number of rotatable bonds is 4. The van der Waals surface area contributed by atoms with E-state index in [1.807, 2.05) is 36.9 Å². The minimum atomic E-state index is -0.690. The van der Waals surface area contributed by atoms with E-state index in [4.69, 9.17) is 9.47 Å². The summed E-state index contributed by atoms with van der Waals surface area (Å²) in [5.41, 5.74) is 0.214. The van der Waals surface area contributed by atoms with Crippen LogP contribution in [0.3, 0.4) is 0 Å². The van der Waals surface area contributed by atoms with Gasteiger partial charge in [-0.2, -0.15) is 0 Å². The van der Waals surface area contributed by atoms with Gasteiger partial charge in [0.2, 0.25) is 11.8 Å². The number of nitrogens with one attached hydrogen (secondary N) is 1. The average Bonchev–Trinajstić information content (AvgIpc) is 3.51. The highest BCUT2D eigenvalue weighted by Gasteiger charge is 2.38. The fourth-order valence-electron chi connectivity index (χ4n) is 3.87. The van der Waals surface area contributed by atoms with Gasteiger partial charge >= 0.3 is 0 Å². The number of amides is 2. The van der Waals surface area contributed by atoms with E-state index in [0.29, 0.717) is 38.1 Å². The molecule has 0 bridgehead atoms. The van der Waals surface area contributed by atoms with Crippen molar-refractivity contribution in [3.05, 3.63) is 23.8 Å². The molecule has 1 aromatic carbocycles.